The van der Waals surface area contributed by atoms with Crippen LogP contribution in [0, 0.1) is 11.7 Å². The van der Waals surface area contributed by atoms with Gasteiger partial charge in [-0.25, -0.2) is 14.1 Å². The lowest BCUT2D eigenvalue weighted by atomic mass is 10.0. The average molecular weight is 432 g/mol. The molecule has 3 unspecified atom stereocenters. The minimum absolute atomic E-state index is 0.0362. The number of hydroxylamine groups is 1. The standard InChI is InChI=1S/C19H30FN3O5S/c1-19(2,3)28-21-17(25)16(8-13-24)18(29(26)27)23-11-9-22(10-12-23)15-6-4-14(20)5-7-15/h4-7,16,18,24H,8-13H2,1-3H3,(H,21,25)(H,26,27). The van der Waals surface area contributed by atoms with Gasteiger partial charge in [0.25, 0.3) is 0 Å². The van der Waals surface area contributed by atoms with E-state index >= 15 is 0 Å². The largest absolute Gasteiger partial charge is 0.396 e. The van der Waals surface area contributed by atoms with E-state index in [1.165, 1.54) is 12.1 Å². The van der Waals surface area contributed by atoms with Gasteiger partial charge in [0.05, 0.1) is 11.5 Å². The van der Waals surface area contributed by atoms with Gasteiger partial charge in [-0.2, -0.15) is 0 Å². The van der Waals surface area contributed by atoms with Gasteiger partial charge >= 0.3 is 0 Å². The van der Waals surface area contributed by atoms with E-state index in [2.05, 4.69) is 10.4 Å². The number of rotatable bonds is 8. The first-order chi connectivity index (χ1) is 13.6. The Morgan fingerprint density at radius 3 is 2.31 bits per heavy atom. The molecular weight excluding hydrogens is 401 g/mol. The van der Waals surface area contributed by atoms with Crippen LogP contribution in [0.3, 0.4) is 0 Å². The lowest BCUT2D eigenvalue weighted by Gasteiger charge is -2.41. The second-order valence-electron chi connectivity index (χ2n) is 7.97. The maximum absolute atomic E-state index is 13.1. The highest BCUT2D eigenvalue weighted by molar-refractivity contribution is 7.79. The molecule has 0 aromatic heterocycles. The van der Waals surface area contributed by atoms with Gasteiger partial charge in [-0.3, -0.25) is 14.5 Å². The van der Waals surface area contributed by atoms with E-state index in [1.807, 2.05) is 0 Å². The molecule has 3 atom stereocenters. The number of carbonyl (C=O) groups is 1. The van der Waals surface area contributed by atoms with Crippen LogP contribution < -0.4 is 10.4 Å². The van der Waals surface area contributed by atoms with E-state index in [9.17, 15) is 23.1 Å². The van der Waals surface area contributed by atoms with Crippen LogP contribution in [-0.2, 0) is 20.7 Å². The van der Waals surface area contributed by atoms with E-state index in [0.717, 1.165) is 5.69 Å². The smallest absolute Gasteiger partial charge is 0.249 e. The quantitative estimate of drug-likeness (QED) is 0.422. The minimum Gasteiger partial charge on any atom is -0.396 e. The molecule has 0 saturated carbocycles. The molecule has 0 spiro atoms. The maximum atomic E-state index is 13.1. The highest BCUT2D eigenvalue weighted by atomic mass is 32.2. The lowest BCUT2D eigenvalue weighted by Crippen LogP contribution is -2.56. The summed E-state index contributed by atoms with van der Waals surface area (Å²) in [5, 5.41) is 8.43. The summed E-state index contributed by atoms with van der Waals surface area (Å²) in [5.41, 5.74) is 2.61. The number of hydrogen-bond acceptors (Lipinski definition) is 6. The molecule has 1 amide bonds. The zero-order valence-electron chi connectivity index (χ0n) is 17.0. The second-order valence-corrected chi connectivity index (χ2v) is 9.00. The van der Waals surface area contributed by atoms with Crippen LogP contribution in [0.2, 0.25) is 0 Å². The van der Waals surface area contributed by atoms with Crippen molar-refractivity contribution in [2.24, 2.45) is 5.92 Å². The predicted octanol–water partition coefficient (Wildman–Crippen LogP) is 1.34. The number of hydrogen-bond donors (Lipinski definition) is 3. The number of halogens is 1. The first kappa shape index (κ1) is 23.7. The fourth-order valence-corrected chi connectivity index (χ4v) is 4.24. The van der Waals surface area contributed by atoms with Crippen LogP contribution in [0.1, 0.15) is 27.2 Å². The van der Waals surface area contributed by atoms with Crippen molar-refractivity contribution in [3.63, 3.8) is 0 Å². The highest BCUT2D eigenvalue weighted by Crippen LogP contribution is 2.23. The lowest BCUT2D eigenvalue weighted by molar-refractivity contribution is -0.151. The molecule has 1 saturated heterocycles. The molecule has 1 heterocycles. The highest BCUT2D eigenvalue weighted by Gasteiger charge is 2.38. The van der Waals surface area contributed by atoms with E-state index in [0.29, 0.717) is 26.2 Å². The number of aliphatic hydroxyl groups is 1. The Balaban J connectivity index is 2.07. The third-order valence-electron chi connectivity index (χ3n) is 4.65. The minimum atomic E-state index is -2.31. The Morgan fingerprint density at radius 1 is 1.24 bits per heavy atom. The number of piperazine rings is 1. The van der Waals surface area contributed by atoms with Crippen molar-refractivity contribution in [3.8, 4) is 0 Å². The number of aliphatic hydroxyl groups excluding tert-OH is 1. The third kappa shape index (κ3) is 7.00. The van der Waals surface area contributed by atoms with Gasteiger partial charge in [-0.05, 0) is 51.5 Å². The third-order valence-corrected chi connectivity index (χ3v) is 5.69. The molecule has 3 N–H and O–H groups in total. The number of amides is 1. The van der Waals surface area contributed by atoms with Crippen molar-refractivity contribution >= 4 is 22.7 Å². The fraction of sp³-hybridized carbons (Fsp3) is 0.632. The summed E-state index contributed by atoms with van der Waals surface area (Å²) in [7, 11) is 0. The zero-order chi connectivity index (χ0) is 21.6. The number of nitrogens with zero attached hydrogens (tertiary/aromatic N) is 2. The molecule has 0 aliphatic carbocycles. The molecule has 1 aliphatic rings. The summed E-state index contributed by atoms with van der Waals surface area (Å²) in [6.07, 6.45) is 0.0362. The topological polar surface area (TPSA) is 102 Å². The van der Waals surface area contributed by atoms with Gasteiger partial charge in [0, 0.05) is 38.5 Å². The van der Waals surface area contributed by atoms with Gasteiger partial charge in [0.1, 0.15) is 11.2 Å². The van der Waals surface area contributed by atoms with Crippen LogP contribution in [-0.4, -0.2) is 68.4 Å². The van der Waals surface area contributed by atoms with Crippen molar-refractivity contribution in [3.05, 3.63) is 30.1 Å². The SMILES string of the molecule is CC(C)(C)ONC(=O)C(CCO)C(N1CCN(c2ccc(F)cc2)CC1)S(=O)O. The molecule has 164 valence electrons. The molecule has 10 heteroatoms. The number of anilines is 1. The van der Waals surface area contributed by atoms with Gasteiger partial charge < -0.3 is 14.6 Å². The molecule has 1 aliphatic heterocycles. The summed E-state index contributed by atoms with van der Waals surface area (Å²) in [6.45, 7) is 7.03. The predicted molar refractivity (Wildman–Crippen MR) is 109 cm³/mol. The fourth-order valence-electron chi connectivity index (χ4n) is 3.23. The van der Waals surface area contributed by atoms with Crippen LogP contribution >= 0.6 is 0 Å². The summed E-state index contributed by atoms with van der Waals surface area (Å²) in [6, 6.07) is 6.17. The van der Waals surface area contributed by atoms with Crippen molar-refractivity contribution in [1.29, 1.82) is 0 Å². The molecule has 1 aromatic rings. The number of nitrogens with one attached hydrogen (secondary N) is 1. The second kappa shape index (κ2) is 10.4. The Bertz CT molecular complexity index is 690. The van der Waals surface area contributed by atoms with E-state index in [-0.39, 0.29) is 18.8 Å². The van der Waals surface area contributed by atoms with Gasteiger partial charge in [0.15, 0.2) is 11.1 Å². The average Bonchev–Trinajstić information content (AvgIpc) is 2.66. The molecule has 0 bridgehead atoms. The maximum Gasteiger partial charge on any atom is 0.249 e. The molecule has 1 aromatic carbocycles. The number of carbonyl (C=O) groups excluding carboxylic acids is 1. The molecule has 1 fully saturated rings. The zero-order valence-corrected chi connectivity index (χ0v) is 17.8. The Hall–Kier alpha value is -1.59. The van der Waals surface area contributed by atoms with Crippen LogP contribution in [0.5, 0.6) is 0 Å². The van der Waals surface area contributed by atoms with Crippen molar-refractivity contribution in [1.82, 2.24) is 10.4 Å². The van der Waals surface area contributed by atoms with Crippen LogP contribution in [0.15, 0.2) is 24.3 Å². The summed E-state index contributed by atoms with van der Waals surface area (Å²) >= 11 is -2.31. The van der Waals surface area contributed by atoms with E-state index in [4.69, 9.17) is 4.84 Å². The van der Waals surface area contributed by atoms with E-state index in [1.54, 1.807) is 37.8 Å². The Kier molecular flexibility index (Phi) is 8.53. The molecule has 8 nitrogen and oxygen atoms in total. The van der Waals surface area contributed by atoms with Gasteiger partial charge in [-0.1, -0.05) is 0 Å². The van der Waals surface area contributed by atoms with Crippen LogP contribution in [0.25, 0.3) is 0 Å². The molecular formula is C19H30FN3O5S. The van der Waals surface area contributed by atoms with Crippen molar-refractivity contribution < 1.29 is 27.9 Å². The van der Waals surface area contributed by atoms with E-state index < -0.39 is 33.9 Å². The first-order valence-corrected chi connectivity index (χ1v) is 10.7. The number of benzene rings is 1. The Morgan fingerprint density at radius 2 is 1.83 bits per heavy atom. The molecule has 2 rings (SSSR count). The van der Waals surface area contributed by atoms with Crippen LogP contribution in [0.4, 0.5) is 10.1 Å². The summed E-state index contributed by atoms with van der Waals surface area (Å²) in [5.74, 6) is -1.76. The summed E-state index contributed by atoms with van der Waals surface area (Å²) in [4.78, 5) is 21.8. The van der Waals surface area contributed by atoms with Crippen molar-refractivity contribution in [2.75, 3.05) is 37.7 Å². The monoisotopic (exact) mass is 431 g/mol. The Labute approximate surface area is 173 Å². The molecule has 29 heavy (non-hydrogen) atoms. The van der Waals surface area contributed by atoms with Crippen molar-refractivity contribution in [2.45, 2.75) is 38.2 Å². The normalized spacial score (nSPS) is 18.9. The first-order valence-electron chi connectivity index (χ1n) is 9.55. The van der Waals surface area contributed by atoms with Gasteiger partial charge in [-0.15, -0.1) is 0 Å². The molecule has 0 radical (unpaired) electrons. The summed E-state index contributed by atoms with van der Waals surface area (Å²) < 4.78 is 35.2. The van der Waals surface area contributed by atoms with Gasteiger partial charge in [0.2, 0.25) is 5.91 Å².